The molecule has 2 aliphatic rings. The van der Waals surface area contributed by atoms with Gasteiger partial charge in [0.2, 0.25) is 0 Å². The first-order chi connectivity index (χ1) is 9.67. The van der Waals surface area contributed by atoms with Gasteiger partial charge < -0.3 is 10.5 Å². The molecule has 2 nitrogen and oxygen atoms in total. The zero-order chi connectivity index (χ0) is 14.0. The maximum Gasteiger partial charge on any atom is 0.0693 e. The number of anilines is 1. The highest BCUT2D eigenvalue weighted by atomic mass is 79.9. The number of thioether (sulfide) groups is 1. The first kappa shape index (κ1) is 14.7. The second-order valence-corrected chi connectivity index (χ2v) is 8.26. The summed E-state index contributed by atoms with van der Waals surface area (Å²) in [5, 5.41) is 0.644. The molecule has 2 fully saturated rings. The summed E-state index contributed by atoms with van der Waals surface area (Å²) in [6, 6.07) is 6.21. The van der Waals surface area contributed by atoms with Gasteiger partial charge in [-0.3, -0.25) is 0 Å². The van der Waals surface area contributed by atoms with Crippen molar-refractivity contribution < 1.29 is 4.74 Å². The standard InChI is InChI=1S/C16H22BrNOS/c17-12-4-5-15(14(18)10-12)20-13-6-9-19-16(11-13)7-2-1-3-8-16/h4-5,10,13H,1-3,6-9,11,18H2. The molecule has 0 radical (unpaired) electrons. The molecule has 110 valence electrons. The van der Waals surface area contributed by atoms with E-state index in [4.69, 9.17) is 10.5 Å². The summed E-state index contributed by atoms with van der Waals surface area (Å²) in [5.74, 6) is 0. The first-order valence-electron chi connectivity index (χ1n) is 7.53. The number of rotatable bonds is 2. The van der Waals surface area contributed by atoms with Crippen molar-refractivity contribution >= 4 is 33.4 Å². The van der Waals surface area contributed by atoms with Crippen molar-refractivity contribution in [2.24, 2.45) is 0 Å². The van der Waals surface area contributed by atoms with E-state index < -0.39 is 0 Å². The molecular formula is C16H22BrNOS. The normalized spacial score (nSPS) is 25.8. The summed E-state index contributed by atoms with van der Waals surface area (Å²) < 4.78 is 7.22. The van der Waals surface area contributed by atoms with Crippen LogP contribution in [0.5, 0.6) is 0 Å². The molecule has 0 bridgehead atoms. The van der Waals surface area contributed by atoms with Crippen molar-refractivity contribution in [1.29, 1.82) is 0 Å². The van der Waals surface area contributed by atoms with Crippen LogP contribution in [0.4, 0.5) is 5.69 Å². The summed E-state index contributed by atoms with van der Waals surface area (Å²) in [6.07, 6.45) is 8.87. The Balaban J connectivity index is 1.68. The molecule has 1 aliphatic carbocycles. The monoisotopic (exact) mass is 355 g/mol. The molecular weight excluding hydrogens is 334 g/mol. The molecule has 2 N–H and O–H groups in total. The highest BCUT2D eigenvalue weighted by molar-refractivity contribution is 9.10. The summed E-state index contributed by atoms with van der Waals surface area (Å²) in [5.41, 5.74) is 7.19. The van der Waals surface area contributed by atoms with E-state index in [1.54, 1.807) is 0 Å². The number of halogens is 1. The minimum absolute atomic E-state index is 0.179. The Hall–Kier alpha value is -0.190. The fourth-order valence-corrected chi connectivity index (χ4v) is 5.11. The van der Waals surface area contributed by atoms with Gasteiger partial charge >= 0.3 is 0 Å². The van der Waals surface area contributed by atoms with E-state index in [0.717, 1.165) is 23.2 Å². The van der Waals surface area contributed by atoms with Gasteiger partial charge in [-0.2, -0.15) is 0 Å². The minimum Gasteiger partial charge on any atom is -0.398 e. The average Bonchev–Trinajstić information content (AvgIpc) is 2.43. The lowest BCUT2D eigenvalue weighted by molar-refractivity contribution is -0.0970. The van der Waals surface area contributed by atoms with Crippen LogP contribution in [0.15, 0.2) is 27.6 Å². The molecule has 20 heavy (non-hydrogen) atoms. The smallest absolute Gasteiger partial charge is 0.0693 e. The number of nitrogens with two attached hydrogens (primary N) is 1. The average molecular weight is 356 g/mol. The molecule has 1 unspecified atom stereocenters. The molecule has 1 spiro atoms. The van der Waals surface area contributed by atoms with Crippen molar-refractivity contribution in [2.75, 3.05) is 12.3 Å². The van der Waals surface area contributed by atoms with Crippen LogP contribution >= 0.6 is 27.7 Å². The quantitative estimate of drug-likeness (QED) is 0.757. The molecule has 4 heteroatoms. The predicted octanol–water partition coefficient (Wildman–Crippen LogP) is 5.01. The van der Waals surface area contributed by atoms with Gasteiger partial charge in [0.1, 0.15) is 0 Å². The van der Waals surface area contributed by atoms with E-state index >= 15 is 0 Å². The third-order valence-electron chi connectivity index (χ3n) is 4.48. The zero-order valence-corrected chi connectivity index (χ0v) is 14.1. The van der Waals surface area contributed by atoms with Gasteiger partial charge in [0, 0.05) is 26.9 Å². The van der Waals surface area contributed by atoms with Crippen LogP contribution in [0.1, 0.15) is 44.9 Å². The molecule has 1 heterocycles. The topological polar surface area (TPSA) is 35.2 Å². The summed E-state index contributed by atoms with van der Waals surface area (Å²) in [4.78, 5) is 1.21. The maximum atomic E-state index is 6.17. The fourth-order valence-electron chi connectivity index (χ4n) is 3.43. The van der Waals surface area contributed by atoms with E-state index in [1.807, 2.05) is 17.8 Å². The highest BCUT2D eigenvalue weighted by Gasteiger charge is 2.38. The molecule has 0 amide bonds. The molecule has 1 atom stereocenters. The second kappa shape index (κ2) is 6.29. The molecule has 1 aliphatic heterocycles. The van der Waals surface area contributed by atoms with Crippen LogP contribution in [0, 0.1) is 0 Å². The second-order valence-electron chi connectivity index (χ2n) is 6.01. The SMILES string of the molecule is Nc1cc(Br)ccc1SC1CCOC2(CCCCC2)C1. The highest BCUT2D eigenvalue weighted by Crippen LogP contribution is 2.44. The molecule has 1 saturated heterocycles. The van der Waals surface area contributed by atoms with Gasteiger partial charge in [0.15, 0.2) is 0 Å². The van der Waals surface area contributed by atoms with Gasteiger partial charge in [-0.05, 0) is 43.9 Å². The van der Waals surface area contributed by atoms with E-state index in [1.165, 1.54) is 43.4 Å². The van der Waals surface area contributed by atoms with E-state index in [2.05, 4.69) is 28.1 Å². The molecule has 3 rings (SSSR count). The molecule has 1 saturated carbocycles. The number of hydrogen-bond acceptors (Lipinski definition) is 3. The Morgan fingerprint density at radius 3 is 2.80 bits per heavy atom. The van der Waals surface area contributed by atoms with Crippen molar-refractivity contribution in [3.8, 4) is 0 Å². The summed E-state index contributed by atoms with van der Waals surface area (Å²) in [7, 11) is 0. The van der Waals surface area contributed by atoms with Gasteiger partial charge in [0.05, 0.1) is 5.60 Å². The van der Waals surface area contributed by atoms with Crippen molar-refractivity contribution in [1.82, 2.24) is 0 Å². The van der Waals surface area contributed by atoms with Crippen LogP contribution in [-0.4, -0.2) is 17.5 Å². The predicted molar refractivity (Wildman–Crippen MR) is 89.2 cm³/mol. The third kappa shape index (κ3) is 3.34. The number of hydrogen-bond donors (Lipinski definition) is 1. The first-order valence-corrected chi connectivity index (χ1v) is 9.20. The van der Waals surface area contributed by atoms with Crippen LogP contribution in [-0.2, 0) is 4.74 Å². The van der Waals surface area contributed by atoms with Crippen molar-refractivity contribution in [3.63, 3.8) is 0 Å². The Bertz CT molecular complexity index is 468. The summed E-state index contributed by atoms with van der Waals surface area (Å²) >= 11 is 5.41. The van der Waals surface area contributed by atoms with Crippen LogP contribution in [0.3, 0.4) is 0 Å². The van der Waals surface area contributed by atoms with Crippen LogP contribution < -0.4 is 5.73 Å². The van der Waals surface area contributed by atoms with Crippen LogP contribution in [0.2, 0.25) is 0 Å². The van der Waals surface area contributed by atoms with Crippen molar-refractivity contribution in [3.05, 3.63) is 22.7 Å². The van der Waals surface area contributed by atoms with E-state index in [-0.39, 0.29) is 5.60 Å². The zero-order valence-electron chi connectivity index (χ0n) is 11.7. The fraction of sp³-hybridized carbons (Fsp3) is 0.625. The largest absolute Gasteiger partial charge is 0.398 e. The number of benzene rings is 1. The Morgan fingerprint density at radius 1 is 1.25 bits per heavy atom. The van der Waals surface area contributed by atoms with Crippen molar-refractivity contribution in [2.45, 2.75) is 60.7 Å². The Labute approximate surface area is 134 Å². The Morgan fingerprint density at radius 2 is 2.05 bits per heavy atom. The lowest BCUT2D eigenvalue weighted by Crippen LogP contribution is -2.42. The maximum absolute atomic E-state index is 6.17. The van der Waals surface area contributed by atoms with Gasteiger partial charge in [-0.1, -0.05) is 35.2 Å². The van der Waals surface area contributed by atoms with Gasteiger partial charge in [0.25, 0.3) is 0 Å². The Kier molecular flexibility index (Phi) is 4.63. The van der Waals surface area contributed by atoms with E-state index in [9.17, 15) is 0 Å². The van der Waals surface area contributed by atoms with E-state index in [0.29, 0.717) is 5.25 Å². The number of ether oxygens (including phenoxy) is 1. The van der Waals surface area contributed by atoms with Gasteiger partial charge in [-0.15, -0.1) is 11.8 Å². The third-order valence-corrected chi connectivity index (χ3v) is 6.33. The molecule has 1 aromatic rings. The minimum atomic E-state index is 0.179. The van der Waals surface area contributed by atoms with Gasteiger partial charge in [-0.25, -0.2) is 0 Å². The lowest BCUT2D eigenvalue weighted by atomic mass is 9.80. The van der Waals surface area contributed by atoms with Crippen LogP contribution in [0.25, 0.3) is 0 Å². The molecule has 1 aromatic carbocycles. The number of nitrogen functional groups attached to an aromatic ring is 1. The lowest BCUT2D eigenvalue weighted by Gasteiger charge is -2.43. The summed E-state index contributed by atoms with van der Waals surface area (Å²) in [6.45, 7) is 0.911. The molecule has 0 aromatic heterocycles.